The summed E-state index contributed by atoms with van der Waals surface area (Å²) >= 11 is 0. The smallest absolute Gasteiger partial charge is 0.178 e. The van der Waals surface area contributed by atoms with Gasteiger partial charge in [-0.3, -0.25) is 4.79 Å². The van der Waals surface area contributed by atoms with Crippen molar-refractivity contribution < 1.29 is 4.79 Å². The van der Waals surface area contributed by atoms with Gasteiger partial charge in [0, 0.05) is 13.0 Å². The van der Waals surface area contributed by atoms with Gasteiger partial charge in [-0.15, -0.1) is 0 Å². The van der Waals surface area contributed by atoms with E-state index in [9.17, 15) is 4.79 Å². The zero-order chi connectivity index (χ0) is 8.97. The number of rotatable bonds is 3. The van der Waals surface area contributed by atoms with Crippen LogP contribution in [0.2, 0.25) is 0 Å². The molecule has 68 valence electrons. The van der Waals surface area contributed by atoms with E-state index < -0.39 is 0 Å². The molecule has 0 amide bonds. The SMILES string of the molecule is CC(C)CNC1=CCCCC1=O. The molecule has 0 aromatic rings. The molecular weight excluding hydrogens is 150 g/mol. The standard InChI is InChI=1S/C10H17NO/c1-8(2)7-11-9-5-3-4-6-10(9)12/h5,8,11H,3-4,6-7H2,1-2H3. The van der Waals surface area contributed by atoms with Crippen LogP contribution in [0.3, 0.4) is 0 Å². The Balaban J connectivity index is 2.39. The van der Waals surface area contributed by atoms with Gasteiger partial charge >= 0.3 is 0 Å². The molecule has 0 atom stereocenters. The van der Waals surface area contributed by atoms with Crippen molar-refractivity contribution in [2.24, 2.45) is 5.92 Å². The summed E-state index contributed by atoms with van der Waals surface area (Å²) in [5.41, 5.74) is 0.843. The highest BCUT2D eigenvalue weighted by atomic mass is 16.1. The molecule has 0 saturated heterocycles. The van der Waals surface area contributed by atoms with Crippen LogP contribution in [0.15, 0.2) is 11.8 Å². The number of hydrogen-bond donors (Lipinski definition) is 1. The predicted octanol–water partition coefficient (Wildman–Crippen LogP) is 1.87. The van der Waals surface area contributed by atoms with Crippen molar-refractivity contribution in [2.75, 3.05) is 6.54 Å². The van der Waals surface area contributed by atoms with Gasteiger partial charge in [0.2, 0.25) is 0 Å². The van der Waals surface area contributed by atoms with Crippen LogP contribution < -0.4 is 5.32 Å². The first-order valence-corrected chi connectivity index (χ1v) is 4.67. The summed E-state index contributed by atoms with van der Waals surface area (Å²) in [6.45, 7) is 5.18. The highest BCUT2D eigenvalue weighted by Gasteiger charge is 2.12. The summed E-state index contributed by atoms with van der Waals surface area (Å²) in [5, 5.41) is 3.18. The van der Waals surface area contributed by atoms with Crippen LogP contribution in [0.5, 0.6) is 0 Å². The molecular formula is C10H17NO. The van der Waals surface area contributed by atoms with Crippen molar-refractivity contribution in [3.63, 3.8) is 0 Å². The van der Waals surface area contributed by atoms with Gasteiger partial charge in [-0.25, -0.2) is 0 Å². The zero-order valence-corrected chi connectivity index (χ0v) is 7.89. The van der Waals surface area contributed by atoms with Gasteiger partial charge in [0.15, 0.2) is 5.78 Å². The molecule has 0 unspecified atom stereocenters. The minimum atomic E-state index is 0.280. The Hall–Kier alpha value is -0.790. The Morgan fingerprint density at radius 3 is 2.92 bits per heavy atom. The fraction of sp³-hybridized carbons (Fsp3) is 0.700. The molecule has 1 rings (SSSR count). The number of carbonyl (C=O) groups excluding carboxylic acids is 1. The average Bonchev–Trinajstić information content (AvgIpc) is 2.03. The van der Waals surface area contributed by atoms with Crippen molar-refractivity contribution in [3.05, 3.63) is 11.8 Å². The van der Waals surface area contributed by atoms with Crippen molar-refractivity contribution in [3.8, 4) is 0 Å². The van der Waals surface area contributed by atoms with Gasteiger partial charge in [0.05, 0.1) is 5.70 Å². The third-order valence-corrected chi connectivity index (χ3v) is 1.96. The summed E-state index contributed by atoms with van der Waals surface area (Å²) in [4.78, 5) is 11.3. The van der Waals surface area contributed by atoms with E-state index >= 15 is 0 Å². The fourth-order valence-electron chi connectivity index (χ4n) is 1.24. The van der Waals surface area contributed by atoms with E-state index in [1.807, 2.05) is 6.08 Å². The Bertz CT molecular complexity index is 194. The average molecular weight is 167 g/mol. The first kappa shape index (κ1) is 9.30. The monoisotopic (exact) mass is 167 g/mol. The third-order valence-electron chi connectivity index (χ3n) is 1.96. The normalized spacial score (nSPS) is 17.9. The van der Waals surface area contributed by atoms with Crippen LogP contribution in [0, 0.1) is 5.92 Å². The number of Topliss-reactive ketones (excluding diaryl/α,β-unsaturated/α-hetero) is 1. The fourth-order valence-corrected chi connectivity index (χ4v) is 1.24. The molecule has 1 N–H and O–H groups in total. The second-order valence-corrected chi connectivity index (χ2v) is 3.71. The molecule has 0 aromatic carbocycles. The highest BCUT2D eigenvalue weighted by Crippen LogP contribution is 2.11. The van der Waals surface area contributed by atoms with Crippen LogP contribution in [-0.2, 0) is 4.79 Å². The van der Waals surface area contributed by atoms with E-state index in [1.54, 1.807) is 0 Å². The highest BCUT2D eigenvalue weighted by molar-refractivity contribution is 5.95. The number of carbonyl (C=O) groups is 1. The molecule has 1 aliphatic carbocycles. The molecule has 0 fully saturated rings. The number of hydrogen-bond acceptors (Lipinski definition) is 2. The van der Waals surface area contributed by atoms with Gasteiger partial charge in [0.1, 0.15) is 0 Å². The largest absolute Gasteiger partial charge is 0.382 e. The first-order chi connectivity index (χ1) is 5.70. The molecule has 0 saturated carbocycles. The van der Waals surface area contributed by atoms with Gasteiger partial charge in [-0.2, -0.15) is 0 Å². The lowest BCUT2D eigenvalue weighted by molar-refractivity contribution is -0.116. The summed E-state index contributed by atoms with van der Waals surface area (Å²) in [6, 6.07) is 0. The van der Waals surface area contributed by atoms with E-state index in [2.05, 4.69) is 19.2 Å². The van der Waals surface area contributed by atoms with Crippen LogP contribution in [0.4, 0.5) is 0 Å². The van der Waals surface area contributed by atoms with E-state index in [0.29, 0.717) is 5.92 Å². The minimum absolute atomic E-state index is 0.280. The van der Waals surface area contributed by atoms with E-state index in [1.165, 1.54) is 0 Å². The molecule has 0 spiro atoms. The van der Waals surface area contributed by atoms with E-state index in [4.69, 9.17) is 0 Å². The van der Waals surface area contributed by atoms with Crippen LogP contribution >= 0.6 is 0 Å². The Labute approximate surface area is 74.0 Å². The van der Waals surface area contributed by atoms with Gasteiger partial charge in [-0.05, 0) is 18.8 Å². The summed E-state index contributed by atoms with van der Waals surface area (Å²) in [6.07, 6.45) is 4.81. The summed E-state index contributed by atoms with van der Waals surface area (Å²) < 4.78 is 0. The lowest BCUT2D eigenvalue weighted by Crippen LogP contribution is -2.25. The number of allylic oxidation sites excluding steroid dienone is 2. The lowest BCUT2D eigenvalue weighted by atomic mass is 10.0. The van der Waals surface area contributed by atoms with Crippen LogP contribution in [-0.4, -0.2) is 12.3 Å². The van der Waals surface area contributed by atoms with Crippen molar-refractivity contribution in [2.45, 2.75) is 33.1 Å². The lowest BCUT2D eigenvalue weighted by Gasteiger charge is -2.15. The van der Waals surface area contributed by atoms with Crippen molar-refractivity contribution in [1.29, 1.82) is 0 Å². The van der Waals surface area contributed by atoms with E-state index in [-0.39, 0.29) is 5.78 Å². The Kier molecular flexibility index (Phi) is 3.32. The maximum absolute atomic E-state index is 11.3. The van der Waals surface area contributed by atoms with Gasteiger partial charge in [-0.1, -0.05) is 19.9 Å². The molecule has 12 heavy (non-hydrogen) atoms. The summed E-state index contributed by atoms with van der Waals surface area (Å²) in [5.74, 6) is 0.877. The maximum atomic E-state index is 11.3. The molecule has 0 radical (unpaired) electrons. The molecule has 2 nitrogen and oxygen atoms in total. The van der Waals surface area contributed by atoms with Gasteiger partial charge < -0.3 is 5.32 Å². The number of ketones is 1. The second-order valence-electron chi connectivity index (χ2n) is 3.71. The third kappa shape index (κ3) is 2.68. The molecule has 1 aliphatic rings. The molecule has 0 bridgehead atoms. The number of nitrogens with one attached hydrogen (secondary N) is 1. The molecule has 0 heterocycles. The molecule has 0 aliphatic heterocycles. The zero-order valence-electron chi connectivity index (χ0n) is 7.89. The second kappa shape index (κ2) is 4.29. The molecule has 2 heteroatoms. The Morgan fingerprint density at radius 1 is 1.58 bits per heavy atom. The van der Waals surface area contributed by atoms with E-state index in [0.717, 1.165) is 31.5 Å². The van der Waals surface area contributed by atoms with Crippen molar-refractivity contribution in [1.82, 2.24) is 5.32 Å². The molecule has 0 aromatic heterocycles. The quantitative estimate of drug-likeness (QED) is 0.695. The topological polar surface area (TPSA) is 29.1 Å². The van der Waals surface area contributed by atoms with Gasteiger partial charge in [0.25, 0.3) is 0 Å². The Morgan fingerprint density at radius 2 is 2.33 bits per heavy atom. The predicted molar refractivity (Wildman–Crippen MR) is 49.8 cm³/mol. The van der Waals surface area contributed by atoms with Crippen LogP contribution in [0.25, 0.3) is 0 Å². The first-order valence-electron chi connectivity index (χ1n) is 4.67. The van der Waals surface area contributed by atoms with Crippen LogP contribution in [0.1, 0.15) is 33.1 Å². The maximum Gasteiger partial charge on any atom is 0.178 e. The summed E-state index contributed by atoms with van der Waals surface area (Å²) in [7, 11) is 0. The minimum Gasteiger partial charge on any atom is -0.382 e. The van der Waals surface area contributed by atoms with Crippen molar-refractivity contribution >= 4 is 5.78 Å².